The van der Waals surface area contributed by atoms with Gasteiger partial charge in [-0.25, -0.2) is 0 Å². The first-order valence-electron chi connectivity index (χ1n) is 4.61. The molecule has 0 spiro atoms. The molecule has 0 atom stereocenters. The molecule has 0 radical (unpaired) electrons. The Balaban J connectivity index is 2.56. The zero-order valence-electron chi connectivity index (χ0n) is 8.02. The third-order valence-corrected chi connectivity index (χ3v) is 2.86. The van der Waals surface area contributed by atoms with E-state index < -0.39 is 0 Å². The van der Waals surface area contributed by atoms with Gasteiger partial charge in [0.15, 0.2) is 0 Å². The highest BCUT2D eigenvalue weighted by molar-refractivity contribution is 9.09. The van der Waals surface area contributed by atoms with Crippen LogP contribution in [0.3, 0.4) is 0 Å². The highest BCUT2D eigenvalue weighted by Crippen LogP contribution is 2.16. The van der Waals surface area contributed by atoms with E-state index in [-0.39, 0.29) is 0 Å². The molecule has 0 aliphatic rings. The van der Waals surface area contributed by atoms with Crippen molar-refractivity contribution in [2.24, 2.45) is 5.16 Å². The molecule has 2 aromatic carbocycles. The largest absolute Gasteiger partial charge is 0.411 e. The van der Waals surface area contributed by atoms with Crippen LogP contribution in [0.4, 0.5) is 0 Å². The predicted octanol–water partition coefficient (Wildman–Crippen LogP) is 3.41. The Morgan fingerprint density at radius 3 is 2.53 bits per heavy atom. The molecule has 2 aromatic rings. The first-order valence-corrected chi connectivity index (χ1v) is 5.73. The van der Waals surface area contributed by atoms with E-state index in [1.165, 1.54) is 5.39 Å². The summed E-state index contributed by atoms with van der Waals surface area (Å²) in [5, 5.41) is 14.9. The van der Waals surface area contributed by atoms with Gasteiger partial charge in [0.2, 0.25) is 0 Å². The van der Waals surface area contributed by atoms with Crippen LogP contribution in [0.2, 0.25) is 0 Å². The third kappa shape index (κ3) is 2.02. The number of nitrogens with zero attached hydrogens (tertiary/aromatic N) is 1. The minimum absolute atomic E-state index is 0.543. The van der Waals surface area contributed by atoms with E-state index in [1.807, 2.05) is 36.4 Å². The molecule has 2 rings (SSSR count). The van der Waals surface area contributed by atoms with E-state index in [0.29, 0.717) is 11.0 Å². The topological polar surface area (TPSA) is 32.6 Å². The Hall–Kier alpha value is -1.35. The summed E-state index contributed by atoms with van der Waals surface area (Å²) in [5.74, 6) is 0. The SMILES string of the molecule is O/N=C(/CBr)c1ccc2ccccc2c1. The molecule has 0 aliphatic heterocycles. The predicted molar refractivity (Wildman–Crippen MR) is 66.1 cm³/mol. The molecule has 0 amide bonds. The maximum Gasteiger partial charge on any atom is 0.0973 e. The maximum absolute atomic E-state index is 8.81. The van der Waals surface area contributed by atoms with Crippen LogP contribution in [0.5, 0.6) is 0 Å². The van der Waals surface area contributed by atoms with E-state index in [9.17, 15) is 0 Å². The zero-order valence-corrected chi connectivity index (χ0v) is 9.61. The van der Waals surface area contributed by atoms with Gasteiger partial charge in [-0.3, -0.25) is 0 Å². The van der Waals surface area contributed by atoms with Gasteiger partial charge in [-0.2, -0.15) is 0 Å². The molecular formula is C12H10BrNO. The molecule has 0 aromatic heterocycles. The lowest BCUT2D eigenvalue weighted by atomic mass is 10.0. The van der Waals surface area contributed by atoms with E-state index in [2.05, 4.69) is 27.2 Å². The van der Waals surface area contributed by atoms with Crippen LogP contribution in [0.1, 0.15) is 5.56 Å². The second-order valence-electron chi connectivity index (χ2n) is 3.24. The summed E-state index contributed by atoms with van der Waals surface area (Å²) in [4.78, 5) is 0. The minimum atomic E-state index is 0.543. The quantitative estimate of drug-likeness (QED) is 0.383. The Kier molecular flexibility index (Phi) is 3.02. The van der Waals surface area contributed by atoms with Crippen molar-refractivity contribution in [3.8, 4) is 0 Å². The van der Waals surface area contributed by atoms with Gasteiger partial charge >= 0.3 is 0 Å². The normalized spacial score (nSPS) is 11.9. The highest BCUT2D eigenvalue weighted by Gasteiger charge is 2.03. The van der Waals surface area contributed by atoms with E-state index in [4.69, 9.17) is 5.21 Å². The molecule has 0 saturated heterocycles. The molecule has 0 aliphatic carbocycles. The zero-order chi connectivity index (χ0) is 10.7. The van der Waals surface area contributed by atoms with Gasteiger partial charge in [0.25, 0.3) is 0 Å². The van der Waals surface area contributed by atoms with Crippen molar-refractivity contribution in [2.45, 2.75) is 0 Å². The van der Waals surface area contributed by atoms with Gasteiger partial charge in [0, 0.05) is 10.9 Å². The van der Waals surface area contributed by atoms with E-state index in [1.54, 1.807) is 0 Å². The fourth-order valence-corrected chi connectivity index (χ4v) is 1.97. The van der Waals surface area contributed by atoms with Gasteiger partial charge in [-0.05, 0) is 16.8 Å². The molecule has 0 bridgehead atoms. The van der Waals surface area contributed by atoms with Gasteiger partial charge in [-0.15, -0.1) is 0 Å². The number of benzene rings is 2. The van der Waals surface area contributed by atoms with Crippen molar-refractivity contribution < 1.29 is 5.21 Å². The lowest BCUT2D eigenvalue weighted by Gasteiger charge is -2.03. The Bertz CT molecular complexity index is 508. The third-order valence-electron chi connectivity index (χ3n) is 2.33. The van der Waals surface area contributed by atoms with Crippen LogP contribution < -0.4 is 0 Å². The highest BCUT2D eigenvalue weighted by atomic mass is 79.9. The Morgan fingerprint density at radius 2 is 1.87 bits per heavy atom. The van der Waals surface area contributed by atoms with Crippen molar-refractivity contribution in [3.63, 3.8) is 0 Å². The summed E-state index contributed by atoms with van der Waals surface area (Å²) in [6, 6.07) is 14.1. The summed E-state index contributed by atoms with van der Waals surface area (Å²) in [7, 11) is 0. The molecule has 3 heteroatoms. The minimum Gasteiger partial charge on any atom is -0.411 e. The van der Waals surface area contributed by atoms with Crippen LogP contribution in [0.15, 0.2) is 47.6 Å². The smallest absolute Gasteiger partial charge is 0.0973 e. The Labute approximate surface area is 96.4 Å². The number of fused-ring (bicyclic) bond motifs is 1. The van der Waals surface area contributed by atoms with E-state index >= 15 is 0 Å². The number of halogens is 1. The second kappa shape index (κ2) is 4.45. The van der Waals surface area contributed by atoms with Crippen molar-refractivity contribution in [1.29, 1.82) is 0 Å². The summed E-state index contributed by atoms with van der Waals surface area (Å²) < 4.78 is 0. The van der Waals surface area contributed by atoms with Gasteiger partial charge < -0.3 is 5.21 Å². The van der Waals surface area contributed by atoms with Crippen molar-refractivity contribution in [1.82, 2.24) is 0 Å². The fourth-order valence-electron chi connectivity index (χ4n) is 1.53. The molecular weight excluding hydrogens is 254 g/mol. The molecule has 76 valence electrons. The monoisotopic (exact) mass is 263 g/mol. The average Bonchev–Trinajstić information content (AvgIpc) is 2.30. The van der Waals surface area contributed by atoms with Gasteiger partial charge in [-0.1, -0.05) is 57.5 Å². The summed E-state index contributed by atoms with van der Waals surface area (Å²) in [6.07, 6.45) is 0. The lowest BCUT2D eigenvalue weighted by molar-refractivity contribution is 0.319. The van der Waals surface area contributed by atoms with Crippen LogP contribution in [0, 0.1) is 0 Å². The standard InChI is InChI=1S/C12H10BrNO/c13-8-12(14-15)11-6-5-9-3-1-2-4-10(9)7-11/h1-7,15H,8H2/b14-12-. The second-order valence-corrected chi connectivity index (χ2v) is 3.80. The molecule has 0 unspecified atom stereocenters. The van der Waals surface area contributed by atoms with Crippen LogP contribution in [0.25, 0.3) is 10.8 Å². The van der Waals surface area contributed by atoms with Crippen LogP contribution in [-0.4, -0.2) is 16.2 Å². The number of hydrogen-bond acceptors (Lipinski definition) is 2. The molecule has 0 saturated carbocycles. The number of oxime groups is 1. The summed E-state index contributed by atoms with van der Waals surface area (Å²) in [6.45, 7) is 0. The van der Waals surface area contributed by atoms with Crippen LogP contribution >= 0.6 is 15.9 Å². The van der Waals surface area contributed by atoms with Gasteiger partial charge in [0.1, 0.15) is 0 Å². The van der Waals surface area contributed by atoms with Gasteiger partial charge in [0.05, 0.1) is 5.71 Å². The van der Waals surface area contributed by atoms with Crippen LogP contribution in [-0.2, 0) is 0 Å². The molecule has 2 nitrogen and oxygen atoms in total. The lowest BCUT2D eigenvalue weighted by Crippen LogP contribution is -2.01. The average molecular weight is 264 g/mol. The molecule has 0 heterocycles. The first kappa shape index (κ1) is 10.2. The summed E-state index contributed by atoms with van der Waals surface area (Å²) in [5.41, 5.74) is 1.58. The molecule has 15 heavy (non-hydrogen) atoms. The Morgan fingerprint density at radius 1 is 1.13 bits per heavy atom. The number of hydrogen-bond donors (Lipinski definition) is 1. The van der Waals surface area contributed by atoms with Crippen molar-refractivity contribution >= 4 is 32.4 Å². The van der Waals surface area contributed by atoms with Crippen molar-refractivity contribution in [2.75, 3.05) is 5.33 Å². The first-order chi connectivity index (χ1) is 7.35. The number of rotatable bonds is 2. The van der Waals surface area contributed by atoms with E-state index in [0.717, 1.165) is 10.9 Å². The fraction of sp³-hybridized carbons (Fsp3) is 0.0833. The summed E-state index contributed by atoms with van der Waals surface area (Å²) >= 11 is 3.29. The molecule has 0 fully saturated rings. The van der Waals surface area contributed by atoms with Crippen molar-refractivity contribution in [3.05, 3.63) is 48.0 Å². The number of alkyl halides is 1. The molecule has 1 N–H and O–H groups in total. The maximum atomic E-state index is 8.81.